The van der Waals surface area contributed by atoms with Crippen LogP contribution in [-0.2, 0) is 6.54 Å². The second-order valence-corrected chi connectivity index (χ2v) is 4.64. The highest BCUT2D eigenvalue weighted by molar-refractivity contribution is 5.28. The van der Waals surface area contributed by atoms with Gasteiger partial charge in [0.05, 0.1) is 0 Å². The molecule has 0 aliphatic carbocycles. The van der Waals surface area contributed by atoms with Gasteiger partial charge in [0.15, 0.2) is 0 Å². The lowest BCUT2D eigenvalue weighted by atomic mass is 10.1. The number of phenolic OH excluding ortho intramolecular Hbond substituents is 1. The van der Waals surface area contributed by atoms with E-state index in [4.69, 9.17) is 4.42 Å². The molecule has 3 nitrogen and oxygen atoms in total. The first-order valence-electron chi connectivity index (χ1n) is 6.14. The van der Waals surface area contributed by atoms with E-state index >= 15 is 0 Å². The first-order valence-corrected chi connectivity index (χ1v) is 6.14. The van der Waals surface area contributed by atoms with Gasteiger partial charge in [-0.1, -0.05) is 12.1 Å². The van der Waals surface area contributed by atoms with Crippen LogP contribution in [0.25, 0.3) is 0 Å². The van der Waals surface area contributed by atoms with Gasteiger partial charge in [-0.2, -0.15) is 0 Å². The van der Waals surface area contributed by atoms with Crippen LogP contribution >= 0.6 is 0 Å². The molecule has 0 aliphatic heterocycles. The Morgan fingerprint density at radius 3 is 2.67 bits per heavy atom. The largest absolute Gasteiger partial charge is 0.508 e. The van der Waals surface area contributed by atoms with Gasteiger partial charge in [0.2, 0.25) is 0 Å². The lowest BCUT2D eigenvalue weighted by molar-refractivity contribution is 0.472. The molecule has 2 rings (SSSR count). The van der Waals surface area contributed by atoms with E-state index in [0.717, 1.165) is 23.6 Å². The van der Waals surface area contributed by atoms with Crippen LogP contribution in [-0.4, -0.2) is 5.11 Å². The van der Waals surface area contributed by atoms with Crippen molar-refractivity contribution in [2.45, 2.75) is 33.4 Å². The van der Waals surface area contributed by atoms with Gasteiger partial charge in [-0.15, -0.1) is 0 Å². The molecule has 18 heavy (non-hydrogen) atoms. The number of hydrogen-bond donors (Lipinski definition) is 2. The Kier molecular flexibility index (Phi) is 3.72. The molecule has 0 amide bonds. The minimum Gasteiger partial charge on any atom is -0.508 e. The topological polar surface area (TPSA) is 45.4 Å². The predicted octanol–water partition coefficient (Wildman–Crippen LogP) is 3.45. The maximum Gasteiger partial charge on any atom is 0.115 e. The maximum absolute atomic E-state index is 9.40. The Morgan fingerprint density at radius 2 is 2.06 bits per heavy atom. The Labute approximate surface area is 107 Å². The van der Waals surface area contributed by atoms with Crippen LogP contribution in [0.5, 0.6) is 5.75 Å². The molecule has 1 aromatic heterocycles. The minimum absolute atomic E-state index is 0.227. The number of nitrogens with one attached hydrogen (secondary N) is 1. The highest BCUT2D eigenvalue weighted by Crippen LogP contribution is 2.21. The molecule has 96 valence electrons. The summed E-state index contributed by atoms with van der Waals surface area (Å²) in [5.74, 6) is 2.20. The third-order valence-electron chi connectivity index (χ3n) is 3.07. The van der Waals surface area contributed by atoms with Gasteiger partial charge in [0.1, 0.15) is 17.3 Å². The average molecular weight is 245 g/mol. The van der Waals surface area contributed by atoms with E-state index in [0.29, 0.717) is 5.75 Å². The summed E-state index contributed by atoms with van der Waals surface area (Å²) < 4.78 is 5.53. The number of aromatic hydroxyl groups is 1. The van der Waals surface area contributed by atoms with Gasteiger partial charge in [-0.25, -0.2) is 0 Å². The Morgan fingerprint density at radius 1 is 1.28 bits per heavy atom. The molecular formula is C15H19NO2. The summed E-state index contributed by atoms with van der Waals surface area (Å²) in [5.41, 5.74) is 2.26. The molecule has 2 aromatic rings. The van der Waals surface area contributed by atoms with Crippen molar-refractivity contribution in [2.24, 2.45) is 0 Å². The lowest BCUT2D eigenvalue weighted by Crippen LogP contribution is -2.18. The molecule has 0 spiro atoms. The van der Waals surface area contributed by atoms with Crippen molar-refractivity contribution in [2.75, 3.05) is 0 Å². The second-order valence-electron chi connectivity index (χ2n) is 4.64. The zero-order valence-corrected chi connectivity index (χ0v) is 11.0. The number of hydrogen-bond acceptors (Lipinski definition) is 3. The van der Waals surface area contributed by atoms with Gasteiger partial charge in [-0.05, 0) is 44.5 Å². The van der Waals surface area contributed by atoms with E-state index in [2.05, 4.69) is 18.3 Å². The molecule has 0 radical (unpaired) electrons. The zero-order valence-electron chi connectivity index (χ0n) is 11.0. The molecule has 1 atom stereocenters. The quantitative estimate of drug-likeness (QED) is 0.867. The molecule has 0 aliphatic rings. The third-order valence-corrected chi connectivity index (χ3v) is 3.07. The fourth-order valence-corrected chi connectivity index (χ4v) is 2.13. The van der Waals surface area contributed by atoms with Crippen molar-refractivity contribution in [3.8, 4) is 5.75 Å². The number of benzene rings is 1. The van der Waals surface area contributed by atoms with E-state index in [1.807, 2.05) is 26.0 Å². The van der Waals surface area contributed by atoms with Crippen molar-refractivity contribution >= 4 is 0 Å². The van der Waals surface area contributed by atoms with Crippen molar-refractivity contribution < 1.29 is 9.52 Å². The van der Waals surface area contributed by atoms with E-state index in [9.17, 15) is 5.11 Å². The summed E-state index contributed by atoms with van der Waals surface area (Å²) in [6.45, 7) is 6.77. The van der Waals surface area contributed by atoms with E-state index in [1.54, 1.807) is 12.1 Å². The van der Waals surface area contributed by atoms with E-state index in [-0.39, 0.29) is 6.04 Å². The van der Waals surface area contributed by atoms with Crippen molar-refractivity contribution in [3.05, 3.63) is 53.0 Å². The van der Waals surface area contributed by atoms with Crippen LogP contribution in [0, 0.1) is 13.8 Å². The molecular weight excluding hydrogens is 226 g/mol. The third kappa shape index (κ3) is 2.93. The normalized spacial score (nSPS) is 12.6. The first-order chi connectivity index (χ1) is 8.56. The fraction of sp³-hybridized carbons (Fsp3) is 0.333. The smallest absolute Gasteiger partial charge is 0.115 e. The summed E-state index contributed by atoms with van der Waals surface area (Å²) in [6.07, 6.45) is 0. The Balaban J connectivity index is 2.00. The highest BCUT2D eigenvalue weighted by atomic mass is 16.3. The number of phenols is 1. The Hall–Kier alpha value is -1.74. The van der Waals surface area contributed by atoms with Gasteiger partial charge < -0.3 is 14.8 Å². The van der Waals surface area contributed by atoms with Crippen LogP contribution in [0.15, 0.2) is 34.7 Å². The maximum atomic E-state index is 9.40. The molecule has 0 fully saturated rings. The number of furan rings is 1. The van der Waals surface area contributed by atoms with Crippen LogP contribution in [0.3, 0.4) is 0 Å². The summed E-state index contributed by atoms with van der Waals surface area (Å²) >= 11 is 0. The first kappa shape index (κ1) is 12.7. The summed E-state index contributed by atoms with van der Waals surface area (Å²) in [7, 11) is 0. The van der Waals surface area contributed by atoms with Crippen LogP contribution in [0.1, 0.15) is 35.6 Å². The zero-order chi connectivity index (χ0) is 13.1. The average Bonchev–Trinajstić information content (AvgIpc) is 2.66. The fourth-order valence-electron chi connectivity index (χ4n) is 2.13. The lowest BCUT2D eigenvalue weighted by Gasteiger charge is -2.13. The van der Waals surface area contributed by atoms with Gasteiger partial charge in [-0.3, -0.25) is 0 Å². The molecule has 0 bridgehead atoms. The molecule has 0 saturated carbocycles. The Bertz CT molecular complexity index is 531. The minimum atomic E-state index is 0.227. The highest BCUT2D eigenvalue weighted by Gasteiger charge is 2.11. The molecule has 2 N–H and O–H groups in total. The summed E-state index contributed by atoms with van der Waals surface area (Å²) in [6, 6.07) is 9.58. The van der Waals surface area contributed by atoms with Crippen LogP contribution in [0.2, 0.25) is 0 Å². The molecule has 3 heteroatoms. The molecule has 1 aromatic carbocycles. The summed E-state index contributed by atoms with van der Waals surface area (Å²) in [5, 5.41) is 12.8. The standard InChI is InChI=1S/C15H19NO2/c1-10-7-15(12(3)18-10)11(2)16-9-13-5-4-6-14(17)8-13/h4-8,11,16-17H,9H2,1-3H3. The molecule has 0 saturated heterocycles. The van der Waals surface area contributed by atoms with E-state index < -0.39 is 0 Å². The van der Waals surface area contributed by atoms with Crippen LogP contribution < -0.4 is 5.32 Å². The second kappa shape index (κ2) is 5.27. The SMILES string of the molecule is Cc1cc(C(C)NCc2cccc(O)c2)c(C)o1. The molecule has 1 heterocycles. The van der Waals surface area contributed by atoms with Crippen molar-refractivity contribution in [1.82, 2.24) is 5.32 Å². The van der Waals surface area contributed by atoms with Crippen molar-refractivity contribution in [3.63, 3.8) is 0 Å². The van der Waals surface area contributed by atoms with Gasteiger partial charge in [0.25, 0.3) is 0 Å². The number of aryl methyl sites for hydroxylation is 2. The van der Waals surface area contributed by atoms with E-state index in [1.165, 1.54) is 5.56 Å². The predicted molar refractivity (Wildman–Crippen MR) is 71.5 cm³/mol. The van der Waals surface area contributed by atoms with Crippen molar-refractivity contribution in [1.29, 1.82) is 0 Å². The monoisotopic (exact) mass is 245 g/mol. The van der Waals surface area contributed by atoms with Crippen LogP contribution in [0.4, 0.5) is 0 Å². The number of rotatable bonds is 4. The summed E-state index contributed by atoms with van der Waals surface area (Å²) in [4.78, 5) is 0. The molecule has 1 unspecified atom stereocenters. The van der Waals surface area contributed by atoms with Gasteiger partial charge >= 0.3 is 0 Å². The van der Waals surface area contributed by atoms with Gasteiger partial charge in [0, 0.05) is 18.2 Å².